The third-order valence-electron chi connectivity index (χ3n) is 5.82. The molecule has 0 spiro atoms. The van der Waals surface area contributed by atoms with Gasteiger partial charge in [-0.1, -0.05) is 67.4 Å². The highest BCUT2D eigenvalue weighted by Gasteiger charge is 2.16. The van der Waals surface area contributed by atoms with Gasteiger partial charge in [0.15, 0.2) is 5.75 Å². The predicted octanol–water partition coefficient (Wildman–Crippen LogP) is 8.10. The van der Waals surface area contributed by atoms with Gasteiger partial charge in [-0.25, -0.2) is 9.59 Å². The van der Waals surface area contributed by atoms with E-state index in [1.165, 1.54) is 13.2 Å². The number of carbonyl (C=O) groups is 2. The molecule has 0 saturated carbocycles. The van der Waals surface area contributed by atoms with E-state index < -0.39 is 12.0 Å². The van der Waals surface area contributed by atoms with Crippen molar-refractivity contribution >= 4 is 35.0 Å². The maximum Gasteiger partial charge on any atom is 0.339 e. The van der Waals surface area contributed by atoms with Crippen molar-refractivity contribution in [2.75, 3.05) is 17.7 Å². The van der Waals surface area contributed by atoms with Crippen molar-refractivity contribution in [2.24, 2.45) is 0 Å². The maximum atomic E-state index is 13.0. The van der Waals surface area contributed by atoms with Crippen LogP contribution >= 0.6 is 11.6 Å². The largest absolute Gasteiger partial charge is 0.496 e. The van der Waals surface area contributed by atoms with Crippen molar-refractivity contribution < 1.29 is 24.2 Å². The van der Waals surface area contributed by atoms with Crippen molar-refractivity contribution in [3.05, 3.63) is 101 Å². The lowest BCUT2D eigenvalue weighted by molar-refractivity contribution is 0.0693. The van der Waals surface area contributed by atoms with Gasteiger partial charge < -0.3 is 25.2 Å². The summed E-state index contributed by atoms with van der Waals surface area (Å²) in [4.78, 5) is 24.7. The molecule has 0 unspecified atom stereocenters. The number of amides is 2. The van der Waals surface area contributed by atoms with Crippen LogP contribution in [0.1, 0.15) is 29.3 Å². The van der Waals surface area contributed by atoms with Gasteiger partial charge >= 0.3 is 12.0 Å². The molecule has 0 fully saturated rings. The lowest BCUT2D eigenvalue weighted by Gasteiger charge is -2.17. The monoisotopic (exact) mass is 530 g/mol. The molecule has 0 bridgehead atoms. The predicted molar refractivity (Wildman–Crippen MR) is 150 cm³/mol. The maximum absolute atomic E-state index is 13.0. The summed E-state index contributed by atoms with van der Waals surface area (Å²) in [5.41, 5.74) is 3.25. The topological polar surface area (TPSA) is 96.9 Å². The lowest BCUT2D eigenvalue weighted by Crippen LogP contribution is -2.20. The molecular weight excluding hydrogens is 504 g/mol. The van der Waals surface area contributed by atoms with E-state index in [1.54, 1.807) is 48.5 Å². The quantitative estimate of drug-likeness (QED) is 0.203. The molecule has 8 heteroatoms. The van der Waals surface area contributed by atoms with Crippen molar-refractivity contribution in [1.82, 2.24) is 0 Å². The molecule has 4 aromatic rings. The molecule has 0 heterocycles. The summed E-state index contributed by atoms with van der Waals surface area (Å²) in [6.45, 7) is 2.10. The Labute approximate surface area is 226 Å². The van der Waals surface area contributed by atoms with Crippen LogP contribution in [0.3, 0.4) is 0 Å². The van der Waals surface area contributed by atoms with Crippen molar-refractivity contribution in [3.8, 4) is 28.4 Å². The fourth-order valence-corrected chi connectivity index (χ4v) is 4.17. The van der Waals surface area contributed by atoms with Crippen LogP contribution in [0, 0.1) is 0 Å². The second-order valence-corrected chi connectivity index (χ2v) is 8.86. The molecular formula is C30H27ClN2O5. The number of rotatable bonds is 9. The van der Waals surface area contributed by atoms with Crippen LogP contribution in [0.4, 0.5) is 16.2 Å². The summed E-state index contributed by atoms with van der Waals surface area (Å²) in [6, 6.07) is 24.3. The Morgan fingerprint density at radius 2 is 1.47 bits per heavy atom. The van der Waals surface area contributed by atoms with Crippen molar-refractivity contribution in [1.29, 1.82) is 0 Å². The van der Waals surface area contributed by atoms with Crippen molar-refractivity contribution in [3.63, 3.8) is 0 Å². The molecule has 3 N–H and O–H groups in total. The second-order valence-electron chi connectivity index (χ2n) is 8.45. The van der Waals surface area contributed by atoms with E-state index >= 15 is 0 Å². The number of anilines is 2. The summed E-state index contributed by atoms with van der Waals surface area (Å²) in [6.07, 6.45) is 1.79. The number of benzene rings is 4. The average molecular weight is 531 g/mol. The zero-order chi connectivity index (χ0) is 27.1. The Morgan fingerprint density at radius 3 is 2.18 bits per heavy atom. The molecule has 0 aliphatic carbocycles. The average Bonchev–Trinajstić information content (AvgIpc) is 2.91. The molecule has 0 aliphatic heterocycles. The number of urea groups is 1. The van der Waals surface area contributed by atoms with Crippen LogP contribution in [-0.2, 0) is 6.42 Å². The number of hydrogen-bond donors (Lipinski definition) is 3. The number of aromatic carboxylic acids is 1. The first-order valence-corrected chi connectivity index (χ1v) is 12.4. The van der Waals surface area contributed by atoms with Gasteiger partial charge in [0.05, 0.1) is 23.5 Å². The van der Waals surface area contributed by atoms with Gasteiger partial charge in [0.1, 0.15) is 17.1 Å². The molecule has 4 rings (SSSR count). The number of aryl methyl sites for hydroxylation is 1. The summed E-state index contributed by atoms with van der Waals surface area (Å²) in [7, 11) is 1.42. The number of ether oxygens (including phenoxy) is 2. The first-order chi connectivity index (χ1) is 18.4. The SMILES string of the molecule is CCCc1ccccc1Oc1ccc(-c2ccc(OC)c(C(=O)O)c2)cc1NC(=O)Nc1ccccc1Cl. The van der Waals surface area contributed by atoms with E-state index in [2.05, 4.69) is 17.6 Å². The molecule has 0 radical (unpaired) electrons. The third-order valence-corrected chi connectivity index (χ3v) is 6.15. The fourth-order valence-electron chi connectivity index (χ4n) is 3.99. The Kier molecular flexibility index (Phi) is 8.51. The van der Waals surface area contributed by atoms with Gasteiger partial charge in [0.2, 0.25) is 0 Å². The van der Waals surface area contributed by atoms with Crippen LogP contribution in [0.5, 0.6) is 17.2 Å². The van der Waals surface area contributed by atoms with Crippen LogP contribution in [-0.4, -0.2) is 24.2 Å². The van der Waals surface area contributed by atoms with Crippen molar-refractivity contribution in [2.45, 2.75) is 19.8 Å². The Hall–Kier alpha value is -4.49. The Morgan fingerprint density at radius 1 is 0.816 bits per heavy atom. The van der Waals surface area contributed by atoms with Gasteiger partial charge in [-0.3, -0.25) is 0 Å². The number of nitrogens with one attached hydrogen (secondary N) is 2. The Bertz CT molecular complexity index is 1470. The van der Waals surface area contributed by atoms with Gasteiger partial charge in [-0.05, 0) is 65.6 Å². The second kappa shape index (κ2) is 12.2. The molecule has 4 aromatic carbocycles. The molecule has 0 aromatic heterocycles. The highest BCUT2D eigenvalue weighted by molar-refractivity contribution is 6.33. The minimum absolute atomic E-state index is 0.0322. The summed E-state index contributed by atoms with van der Waals surface area (Å²) < 4.78 is 11.5. The highest BCUT2D eigenvalue weighted by atomic mass is 35.5. The van der Waals surface area contributed by atoms with Gasteiger partial charge in [0.25, 0.3) is 0 Å². The van der Waals surface area contributed by atoms with Gasteiger partial charge in [0, 0.05) is 0 Å². The fraction of sp³-hybridized carbons (Fsp3) is 0.133. The number of para-hydroxylation sites is 2. The van der Waals surface area contributed by atoms with Crippen LogP contribution in [0.25, 0.3) is 11.1 Å². The van der Waals surface area contributed by atoms with Crippen LogP contribution in [0.2, 0.25) is 5.02 Å². The number of hydrogen-bond acceptors (Lipinski definition) is 4. The zero-order valence-electron chi connectivity index (χ0n) is 21.0. The van der Waals surface area contributed by atoms with E-state index in [0.717, 1.165) is 18.4 Å². The molecule has 194 valence electrons. The minimum atomic E-state index is -1.10. The number of carboxylic acids is 1. The van der Waals surface area contributed by atoms with E-state index in [4.69, 9.17) is 21.1 Å². The molecule has 2 amide bonds. The van der Waals surface area contributed by atoms with Crippen LogP contribution < -0.4 is 20.1 Å². The summed E-state index contributed by atoms with van der Waals surface area (Å²) in [5, 5.41) is 15.6. The molecule has 0 atom stereocenters. The zero-order valence-corrected chi connectivity index (χ0v) is 21.7. The van der Waals surface area contributed by atoms with Gasteiger partial charge in [-0.2, -0.15) is 0 Å². The van der Waals surface area contributed by atoms with Gasteiger partial charge in [-0.15, -0.1) is 0 Å². The summed E-state index contributed by atoms with van der Waals surface area (Å²) >= 11 is 6.20. The molecule has 0 saturated heterocycles. The first kappa shape index (κ1) is 26.6. The van der Waals surface area contributed by atoms with E-state index in [-0.39, 0.29) is 11.3 Å². The van der Waals surface area contributed by atoms with E-state index in [1.807, 2.05) is 30.3 Å². The lowest BCUT2D eigenvalue weighted by atomic mass is 10.0. The highest BCUT2D eigenvalue weighted by Crippen LogP contribution is 2.36. The normalized spacial score (nSPS) is 10.5. The van der Waals surface area contributed by atoms with E-state index in [0.29, 0.717) is 39.0 Å². The molecule has 0 aliphatic rings. The number of methoxy groups -OCH3 is 1. The molecule has 7 nitrogen and oxygen atoms in total. The first-order valence-electron chi connectivity index (χ1n) is 12.0. The van der Waals surface area contributed by atoms with Crippen LogP contribution in [0.15, 0.2) is 84.9 Å². The Balaban J connectivity index is 1.72. The molecule has 38 heavy (non-hydrogen) atoms. The smallest absolute Gasteiger partial charge is 0.339 e. The summed E-state index contributed by atoms with van der Waals surface area (Å²) in [5.74, 6) is 0.271. The third kappa shape index (κ3) is 6.25. The van der Waals surface area contributed by atoms with E-state index in [9.17, 15) is 14.7 Å². The minimum Gasteiger partial charge on any atom is -0.496 e. The standard InChI is InChI=1S/C30H27ClN2O5/c1-3-8-19-9-4-7-12-26(19)38-28-16-14-21(20-13-15-27(37-2)22(17-20)29(34)35)18-25(28)33-30(36)32-24-11-6-5-10-23(24)31/h4-7,9-18H,3,8H2,1-2H3,(H,34,35)(H2,32,33,36). The number of carboxylic acid groups (broad SMARTS) is 1. The number of carbonyl (C=O) groups excluding carboxylic acids is 1. The number of halogens is 1.